The Balaban J connectivity index is 0.00000108. The zero-order valence-electron chi connectivity index (χ0n) is 21.3. The molecule has 0 bridgehead atoms. The van der Waals surface area contributed by atoms with Gasteiger partial charge in [0, 0.05) is 5.56 Å². The molecular formula is C28H43Cl4OPRu. The summed E-state index contributed by atoms with van der Waals surface area (Å²) in [6, 6.07) is 8.72. The summed E-state index contributed by atoms with van der Waals surface area (Å²) in [5, 5.41) is 0.0875. The van der Waals surface area contributed by atoms with Crippen molar-refractivity contribution in [2.24, 2.45) is 0 Å². The van der Waals surface area contributed by atoms with Crippen LogP contribution < -0.4 is 4.74 Å². The van der Waals surface area contributed by atoms with Gasteiger partial charge in [-0.25, -0.2) is 0 Å². The van der Waals surface area contributed by atoms with Crippen molar-refractivity contribution in [1.82, 2.24) is 0 Å². The van der Waals surface area contributed by atoms with Crippen LogP contribution in [-0.2, 0) is 15.1 Å². The van der Waals surface area contributed by atoms with Crippen molar-refractivity contribution >= 4 is 55.3 Å². The molecule has 1 nitrogen and oxygen atoms in total. The summed E-state index contributed by atoms with van der Waals surface area (Å²) in [7, 11) is 9.71. The first-order valence-electron chi connectivity index (χ1n) is 13.6. The third-order valence-corrected chi connectivity index (χ3v) is 16.5. The fraction of sp³-hybridized carbons (Fsp3) is 0.750. The van der Waals surface area contributed by atoms with E-state index in [1.807, 2.05) is 0 Å². The van der Waals surface area contributed by atoms with Gasteiger partial charge in [-0.05, 0) is 69.8 Å². The van der Waals surface area contributed by atoms with E-state index in [0.29, 0.717) is 0 Å². The van der Waals surface area contributed by atoms with Crippen LogP contribution >= 0.6 is 49.5 Å². The molecule has 1 aromatic carbocycles. The summed E-state index contributed by atoms with van der Waals surface area (Å²) in [4.78, 5) is 0. The standard InChI is InChI=1S/C28H43Cl2OP.2ClH.Ru/c1-22(2)31-26-18-10-9-13-23(26)21-32(24-14-5-3-6-15-24,25-16-7-4-8-17-25)28(30)20-12-11-19-27(28)29;;;/h9-10,13,18,21-22,24-25,27H,3-8,11-12,14-17,19-20H2,1-2H3;2*1H;/q;;;+2/p-2. The van der Waals surface area contributed by atoms with Crippen molar-refractivity contribution in [3.63, 3.8) is 0 Å². The summed E-state index contributed by atoms with van der Waals surface area (Å²) in [6.45, 7) is 2.50. The van der Waals surface area contributed by atoms with Gasteiger partial charge < -0.3 is 4.74 Å². The van der Waals surface area contributed by atoms with Crippen LogP contribution in [0.3, 0.4) is 0 Å². The van der Waals surface area contributed by atoms with Crippen molar-refractivity contribution in [3.05, 3.63) is 29.8 Å². The van der Waals surface area contributed by atoms with Gasteiger partial charge in [0.1, 0.15) is 5.75 Å². The third-order valence-electron chi connectivity index (χ3n) is 8.35. The van der Waals surface area contributed by atoms with Gasteiger partial charge in [-0.2, -0.15) is 0 Å². The maximum absolute atomic E-state index is 7.97. The Morgan fingerprint density at radius 1 is 0.886 bits per heavy atom. The minimum atomic E-state index is -1.75. The number of para-hydroxylation sites is 1. The summed E-state index contributed by atoms with van der Waals surface area (Å²) >= 11 is 14.9. The molecule has 2 unspecified atom stereocenters. The monoisotopic (exact) mass is 668 g/mol. The summed E-state index contributed by atoms with van der Waals surface area (Å²) in [5.41, 5.74) is 2.73. The predicted molar refractivity (Wildman–Crippen MR) is 156 cm³/mol. The molecule has 7 heteroatoms. The second-order valence-electron chi connectivity index (χ2n) is 10.8. The van der Waals surface area contributed by atoms with Crippen LogP contribution in [0.1, 0.15) is 109 Å². The fourth-order valence-electron chi connectivity index (χ4n) is 6.93. The molecule has 202 valence electrons. The molecular weight excluding hydrogens is 626 g/mol. The molecule has 0 heterocycles. The normalized spacial score (nSPS) is 26.8. The van der Waals surface area contributed by atoms with Gasteiger partial charge in [0.05, 0.1) is 16.1 Å². The number of rotatable bonds is 6. The number of halogens is 4. The Bertz CT molecular complexity index is 801. The molecule has 0 aromatic heterocycles. The molecule has 0 radical (unpaired) electrons. The summed E-state index contributed by atoms with van der Waals surface area (Å²) in [6.07, 6.45) is 18.3. The molecule has 0 saturated heterocycles. The van der Waals surface area contributed by atoms with E-state index in [1.54, 1.807) is 0 Å². The zero-order chi connectivity index (χ0) is 25.3. The van der Waals surface area contributed by atoms with E-state index in [1.165, 1.54) is 82.6 Å². The number of ether oxygens (including phenoxy) is 1. The average molecular weight is 670 g/mol. The molecule has 0 spiro atoms. The topological polar surface area (TPSA) is 9.23 Å². The first-order valence-corrected chi connectivity index (χ1v) is 20.9. The van der Waals surface area contributed by atoms with E-state index >= 15 is 0 Å². The SMILES string of the molecule is CC(C)Oc1ccccc1C=P(C1CCCCC1)(C1CCCCC1)C1(Cl)CCCCC1Cl.[Cl][Ru][Cl]. The predicted octanol–water partition coefficient (Wildman–Crippen LogP) is 10.8. The quantitative estimate of drug-likeness (QED) is 0.166. The van der Waals surface area contributed by atoms with Crippen molar-refractivity contribution in [1.29, 1.82) is 0 Å². The number of hydrogen-bond donors (Lipinski definition) is 0. The van der Waals surface area contributed by atoms with Gasteiger partial charge in [0.25, 0.3) is 0 Å². The van der Waals surface area contributed by atoms with E-state index in [4.69, 9.17) is 47.3 Å². The molecule has 3 fully saturated rings. The van der Waals surface area contributed by atoms with E-state index in [0.717, 1.165) is 29.9 Å². The molecule has 0 amide bonds. The first kappa shape index (κ1) is 30.6. The Labute approximate surface area is 240 Å². The Hall–Kier alpha value is 1.10. The zero-order valence-corrected chi connectivity index (χ0v) is 27.0. The molecule has 3 aliphatic rings. The van der Waals surface area contributed by atoms with Crippen LogP contribution in [0.4, 0.5) is 0 Å². The molecule has 0 N–H and O–H groups in total. The van der Waals surface area contributed by atoms with Gasteiger partial charge >= 0.3 is 34.5 Å². The summed E-state index contributed by atoms with van der Waals surface area (Å²) < 4.78 is 6.06. The minimum absolute atomic E-state index is 0.0875. The Morgan fingerprint density at radius 3 is 1.91 bits per heavy atom. The van der Waals surface area contributed by atoms with E-state index in [9.17, 15) is 0 Å². The fourth-order valence-corrected chi connectivity index (χ4v) is 15.6. The molecule has 4 rings (SSSR count). The van der Waals surface area contributed by atoms with Crippen LogP contribution in [0.5, 0.6) is 5.75 Å². The van der Waals surface area contributed by atoms with Gasteiger partial charge in [-0.15, -0.1) is 23.2 Å². The van der Waals surface area contributed by atoms with Crippen molar-refractivity contribution in [3.8, 4) is 5.75 Å². The number of alkyl halides is 2. The average Bonchev–Trinajstić information content (AvgIpc) is 2.86. The van der Waals surface area contributed by atoms with E-state index in [-0.39, 0.29) is 31.2 Å². The summed E-state index contributed by atoms with van der Waals surface area (Å²) in [5.74, 6) is 3.75. The molecule has 3 saturated carbocycles. The number of hydrogen-bond acceptors (Lipinski definition) is 1. The van der Waals surface area contributed by atoms with Crippen LogP contribution in [0.15, 0.2) is 24.3 Å². The first-order chi connectivity index (χ1) is 16.9. The van der Waals surface area contributed by atoms with Crippen molar-refractivity contribution < 1.29 is 19.9 Å². The molecule has 35 heavy (non-hydrogen) atoms. The van der Waals surface area contributed by atoms with Crippen LogP contribution in [0.2, 0.25) is 0 Å². The molecule has 1 aromatic rings. The number of benzene rings is 1. The van der Waals surface area contributed by atoms with Gasteiger partial charge in [0.15, 0.2) is 0 Å². The van der Waals surface area contributed by atoms with Gasteiger partial charge in [0.2, 0.25) is 0 Å². The third kappa shape index (κ3) is 7.40. The molecule has 3 aliphatic carbocycles. The van der Waals surface area contributed by atoms with Crippen molar-refractivity contribution in [2.75, 3.05) is 0 Å². The van der Waals surface area contributed by atoms with Gasteiger partial charge in [-0.3, -0.25) is 0 Å². The van der Waals surface area contributed by atoms with Crippen molar-refractivity contribution in [2.45, 2.75) is 131 Å². The Kier molecular flexibility index (Phi) is 13.2. The van der Waals surface area contributed by atoms with E-state index in [2.05, 4.69) is 43.9 Å². The second-order valence-corrected chi connectivity index (χ2v) is 19.1. The van der Waals surface area contributed by atoms with Gasteiger partial charge in [-0.1, -0.05) is 82.2 Å². The van der Waals surface area contributed by atoms with E-state index < -0.39 is 6.89 Å². The van der Waals surface area contributed by atoms with Crippen LogP contribution in [0.25, 0.3) is 0 Å². The van der Waals surface area contributed by atoms with Crippen LogP contribution in [-0.4, -0.2) is 33.2 Å². The Morgan fingerprint density at radius 2 is 1.40 bits per heavy atom. The second kappa shape index (κ2) is 15.0. The van der Waals surface area contributed by atoms with Crippen LogP contribution in [0, 0.1) is 0 Å². The maximum atomic E-state index is 7.97. The molecule has 2 atom stereocenters. The molecule has 0 aliphatic heterocycles.